The van der Waals surface area contributed by atoms with Crippen LogP contribution in [0.15, 0.2) is 24.3 Å². The van der Waals surface area contributed by atoms with E-state index >= 15 is 0 Å². The molecule has 2 rings (SSSR count). The number of likely N-dealkylation sites (tertiary alicyclic amines) is 1. The number of urea groups is 1. The molecule has 0 unspecified atom stereocenters. The number of carbonyl (C=O) groups is 2. The summed E-state index contributed by atoms with van der Waals surface area (Å²) in [7, 11) is 0. The zero-order valence-corrected chi connectivity index (χ0v) is 13.0. The SMILES string of the molecule is C[C@H](NC(N)=O)C(=O)N1CCC[C@H]1C[C@@H](O)c1ccc(F)cc1. The summed E-state index contributed by atoms with van der Waals surface area (Å²) < 4.78 is 12.9. The van der Waals surface area contributed by atoms with Crippen LogP contribution in [0.5, 0.6) is 0 Å². The lowest BCUT2D eigenvalue weighted by atomic mass is 10.00. The van der Waals surface area contributed by atoms with E-state index in [9.17, 15) is 19.1 Å². The number of benzene rings is 1. The van der Waals surface area contributed by atoms with Gasteiger partial charge in [0.05, 0.1) is 6.10 Å². The van der Waals surface area contributed by atoms with Crippen molar-refractivity contribution in [2.45, 2.75) is 44.4 Å². The number of nitrogens with zero attached hydrogens (tertiary/aromatic N) is 1. The molecule has 0 aliphatic carbocycles. The maximum absolute atomic E-state index is 12.9. The summed E-state index contributed by atoms with van der Waals surface area (Å²) in [5, 5.41) is 12.7. The number of nitrogens with one attached hydrogen (secondary N) is 1. The third kappa shape index (κ3) is 4.41. The van der Waals surface area contributed by atoms with Gasteiger partial charge < -0.3 is 21.1 Å². The van der Waals surface area contributed by atoms with Gasteiger partial charge in [0.2, 0.25) is 5.91 Å². The Hall–Kier alpha value is -2.15. The Morgan fingerprint density at radius 2 is 2.09 bits per heavy atom. The molecule has 1 aliphatic rings. The highest BCUT2D eigenvalue weighted by atomic mass is 19.1. The molecule has 3 atom stereocenters. The first-order valence-electron chi connectivity index (χ1n) is 7.68. The van der Waals surface area contributed by atoms with E-state index in [0.29, 0.717) is 18.5 Å². The predicted molar refractivity (Wildman–Crippen MR) is 82.9 cm³/mol. The number of primary amides is 1. The number of hydrogen-bond donors (Lipinski definition) is 3. The van der Waals surface area contributed by atoms with Crippen LogP contribution in [0.3, 0.4) is 0 Å². The molecule has 1 aromatic carbocycles. The minimum Gasteiger partial charge on any atom is -0.388 e. The second kappa shape index (κ2) is 7.41. The van der Waals surface area contributed by atoms with Crippen molar-refractivity contribution in [2.75, 3.05) is 6.54 Å². The summed E-state index contributed by atoms with van der Waals surface area (Å²) in [5.41, 5.74) is 5.66. The zero-order valence-electron chi connectivity index (χ0n) is 13.0. The molecule has 126 valence electrons. The summed E-state index contributed by atoms with van der Waals surface area (Å²) in [6, 6.07) is 4.13. The molecule has 0 spiro atoms. The molecule has 6 nitrogen and oxygen atoms in total. The van der Waals surface area contributed by atoms with E-state index in [1.807, 2.05) is 0 Å². The third-order valence-electron chi connectivity index (χ3n) is 4.14. The molecule has 3 amide bonds. The molecule has 1 aromatic rings. The average molecular weight is 323 g/mol. The molecule has 23 heavy (non-hydrogen) atoms. The summed E-state index contributed by atoms with van der Waals surface area (Å²) >= 11 is 0. The van der Waals surface area contributed by atoms with Gasteiger partial charge in [0, 0.05) is 12.6 Å². The molecule has 0 bridgehead atoms. The highest BCUT2D eigenvalue weighted by molar-refractivity contribution is 5.86. The Morgan fingerprint density at radius 1 is 1.43 bits per heavy atom. The van der Waals surface area contributed by atoms with Gasteiger partial charge in [0.25, 0.3) is 0 Å². The van der Waals surface area contributed by atoms with Crippen molar-refractivity contribution in [3.63, 3.8) is 0 Å². The first-order chi connectivity index (χ1) is 10.9. The monoisotopic (exact) mass is 323 g/mol. The summed E-state index contributed by atoms with van der Waals surface area (Å²) in [5.74, 6) is -0.567. The molecule has 7 heteroatoms. The van der Waals surface area contributed by atoms with Crippen LogP contribution in [0.1, 0.15) is 37.9 Å². The smallest absolute Gasteiger partial charge is 0.312 e. The van der Waals surface area contributed by atoms with E-state index in [4.69, 9.17) is 5.73 Å². The highest BCUT2D eigenvalue weighted by Crippen LogP contribution is 2.28. The topological polar surface area (TPSA) is 95.7 Å². The number of aliphatic hydroxyl groups excluding tert-OH is 1. The molecule has 0 saturated carbocycles. The maximum Gasteiger partial charge on any atom is 0.312 e. The molecule has 1 fully saturated rings. The van der Waals surface area contributed by atoms with Crippen LogP contribution in [0.25, 0.3) is 0 Å². The van der Waals surface area contributed by atoms with Gasteiger partial charge >= 0.3 is 6.03 Å². The van der Waals surface area contributed by atoms with E-state index in [1.54, 1.807) is 24.0 Å². The molecule has 4 N–H and O–H groups in total. The van der Waals surface area contributed by atoms with Crippen molar-refractivity contribution in [1.82, 2.24) is 10.2 Å². The standard InChI is InChI=1S/C16H22FN3O3/c1-10(19-16(18)23)15(22)20-8-2-3-13(20)9-14(21)11-4-6-12(17)7-5-11/h4-7,10,13-14,21H,2-3,8-9H2,1H3,(H3,18,19,23)/t10-,13-,14+/m0/s1. The van der Waals surface area contributed by atoms with E-state index in [1.165, 1.54) is 12.1 Å². The zero-order chi connectivity index (χ0) is 17.0. The second-order valence-electron chi connectivity index (χ2n) is 5.86. The minimum absolute atomic E-state index is 0.111. The van der Waals surface area contributed by atoms with Gasteiger partial charge in [-0.2, -0.15) is 0 Å². The van der Waals surface area contributed by atoms with Crippen LogP contribution >= 0.6 is 0 Å². The Bertz CT molecular complexity index is 564. The van der Waals surface area contributed by atoms with Gasteiger partial charge in [0.1, 0.15) is 11.9 Å². The molecular formula is C16H22FN3O3. The number of halogens is 1. The molecule has 0 aromatic heterocycles. The van der Waals surface area contributed by atoms with E-state index in [0.717, 1.165) is 12.8 Å². The van der Waals surface area contributed by atoms with Crippen LogP contribution in [0.4, 0.5) is 9.18 Å². The summed E-state index contributed by atoms with van der Waals surface area (Å²) in [4.78, 5) is 24.9. The van der Waals surface area contributed by atoms with Crippen molar-refractivity contribution >= 4 is 11.9 Å². The Balaban J connectivity index is 1.99. The van der Waals surface area contributed by atoms with Crippen LogP contribution < -0.4 is 11.1 Å². The van der Waals surface area contributed by atoms with Crippen molar-refractivity contribution in [1.29, 1.82) is 0 Å². The van der Waals surface area contributed by atoms with E-state index in [-0.39, 0.29) is 17.8 Å². The molecule has 0 radical (unpaired) electrons. The highest BCUT2D eigenvalue weighted by Gasteiger charge is 2.33. The quantitative estimate of drug-likeness (QED) is 0.762. The Morgan fingerprint density at radius 3 is 2.70 bits per heavy atom. The lowest BCUT2D eigenvalue weighted by molar-refractivity contribution is -0.134. The normalized spacial score (nSPS) is 20.1. The van der Waals surface area contributed by atoms with Crippen molar-refractivity contribution < 1.29 is 19.1 Å². The number of nitrogens with two attached hydrogens (primary N) is 1. The molecular weight excluding hydrogens is 301 g/mol. The van der Waals surface area contributed by atoms with Gasteiger partial charge in [-0.3, -0.25) is 4.79 Å². The van der Waals surface area contributed by atoms with Crippen molar-refractivity contribution in [2.24, 2.45) is 5.73 Å². The number of amides is 3. The van der Waals surface area contributed by atoms with Crippen LogP contribution in [0, 0.1) is 5.82 Å². The number of aliphatic hydroxyl groups is 1. The van der Waals surface area contributed by atoms with Crippen LogP contribution in [0.2, 0.25) is 0 Å². The fourth-order valence-corrected chi connectivity index (χ4v) is 2.97. The van der Waals surface area contributed by atoms with Gasteiger partial charge in [-0.1, -0.05) is 12.1 Å². The minimum atomic E-state index is -0.770. The molecule has 1 aliphatic heterocycles. The lowest BCUT2D eigenvalue weighted by Gasteiger charge is -2.29. The van der Waals surface area contributed by atoms with E-state index < -0.39 is 18.2 Å². The number of hydrogen-bond acceptors (Lipinski definition) is 3. The average Bonchev–Trinajstić information content (AvgIpc) is 2.94. The van der Waals surface area contributed by atoms with Gasteiger partial charge in [-0.05, 0) is 43.9 Å². The van der Waals surface area contributed by atoms with Crippen LogP contribution in [-0.2, 0) is 4.79 Å². The first-order valence-corrected chi connectivity index (χ1v) is 7.68. The van der Waals surface area contributed by atoms with Crippen LogP contribution in [-0.4, -0.2) is 40.6 Å². The van der Waals surface area contributed by atoms with Gasteiger partial charge in [-0.25, -0.2) is 9.18 Å². The fraction of sp³-hybridized carbons (Fsp3) is 0.500. The number of carbonyl (C=O) groups excluding carboxylic acids is 2. The van der Waals surface area contributed by atoms with Crippen molar-refractivity contribution in [3.8, 4) is 0 Å². The fourth-order valence-electron chi connectivity index (χ4n) is 2.97. The molecule has 1 saturated heterocycles. The van der Waals surface area contributed by atoms with Gasteiger partial charge in [-0.15, -0.1) is 0 Å². The second-order valence-corrected chi connectivity index (χ2v) is 5.86. The molecule has 1 heterocycles. The third-order valence-corrected chi connectivity index (χ3v) is 4.14. The Kier molecular flexibility index (Phi) is 5.54. The van der Waals surface area contributed by atoms with Gasteiger partial charge in [0.15, 0.2) is 0 Å². The lowest BCUT2D eigenvalue weighted by Crippen LogP contribution is -2.50. The Labute approximate surface area is 134 Å². The predicted octanol–water partition coefficient (Wildman–Crippen LogP) is 1.30. The van der Waals surface area contributed by atoms with Crippen molar-refractivity contribution in [3.05, 3.63) is 35.6 Å². The van der Waals surface area contributed by atoms with E-state index in [2.05, 4.69) is 5.32 Å². The number of rotatable bonds is 5. The largest absolute Gasteiger partial charge is 0.388 e. The maximum atomic E-state index is 12.9. The summed E-state index contributed by atoms with van der Waals surface area (Å²) in [6.07, 6.45) is 1.23. The summed E-state index contributed by atoms with van der Waals surface area (Å²) in [6.45, 7) is 2.17. The first kappa shape index (κ1) is 17.2.